The quantitative estimate of drug-likeness (QED) is 0.785. The molecule has 0 radical (unpaired) electrons. The summed E-state index contributed by atoms with van der Waals surface area (Å²) in [5.41, 5.74) is 0.588. The monoisotopic (exact) mass is 224 g/mol. The molecular formula is C7H6Cl2O2S. The fraction of sp³-hybridized carbons (Fsp3) is 0.143. The highest BCUT2D eigenvalue weighted by atomic mass is 35.5. The Kier molecular flexibility index (Phi) is 3.53. The van der Waals surface area contributed by atoms with Crippen molar-refractivity contribution in [1.29, 1.82) is 0 Å². The van der Waals surface area contributed by atoms with Crippen LogP contribution in [-0.4, -0.2) is 8.76 Å². The minimum absolute atomic E-state index is 0.0133. The van der Waals surface area contributed by atoms with E-state index in [1.807, 2.05) is 0 Å². The molecule has 0 spiro atoms. The molecule has 0 bridgehead atoms. The third-order valence-electron chi connectivity index (χ3n) is 1.29. The molecule has 0 heterocycles. The molecule has 0 aliphatic heterocycles. The lowest BCUT2D eigenvalue weighted by Gasteiger charge is -2.00. The van der Waals surface area contributed by atoms with Crippen molar-refractivity contribution in [3.8, 4) is 0 Å². The molecule has 66 valence electrons. The van der Waals surface area contributed by atoms with Crippen LogP contribution in [0.2, 0.25) is 10.0 Å². The third kappa shape index (κ3) is 2.75. The molecule has 0 amide bonds. The van der Waals surface area contributed by atoms with Gasteiger partial charge in [-0.1, -0.05) is 23.2 Å². The SMILES string of the molecule is O=S(O)Cc1cc(Cl)ccc1Cl. The van der Waals surface area contributed by atoms with Crippen molar-refractivity contribution in [3.63, 3.8) is 0 Å². The number of hydrogen-bond acceptors (Lipinski definition) is 1. The Balaban J connectivity index is 2.97. The number of rotatable bonds is 2. The summed E-state index contributed by atoms with van der Waals surface area (Å²) in [5, 5.41) is 0.974. The number of benzene rings is 1. The van der Waals surface area contributed by atoms with Gasteiger partial charge in [0.25, 0.3) is 0 Å². The minimum Gasteiger partial charge on any atom is -0.306 e. The Bertz CT molecular complexity index is 314. The number of hydrogen-bond donors (Lipinski definition) is 1. The molecule has 0 aliphatic carbocycles. The normalized spacial score (nSPS) is 12.9. The van der Waals surface area contributed by atoms with Crippen molar-refractivity contribution >= 4 is 34.3 Å². The first-order chi connectivity index (χ1) is 5.59. The van der Waals surface area contributed by atoms with Crippen molar-refractivity contribution < 1.29 is 8.76 Å². The van der Waals surface area contributed by atoms with Gasteiger partial charge in [-0.05, 0) is 23.8 Å². The molecule has 1 N–H and O–H groups in total. The second-order valence-corrected chi connectivity index (χ2v) is 3.98. The van der Waals surface area contributed by atoms with E-state index in [-0.39, 0.29) is 5.75 Å². The average Bonchev–Trinajstić information content (AvgIpc) is 1.96. The first-order valence-corrected chi connectivity index (χ1v) is 5.14. The summed E-state index contributed by atoms with van der Waals surface area (Å²) < 4.78 is 19.0. The summed E-state index contributed by atoms with van der Waals surface area (Å²) in [4.78, 5) is 0. The molecule has 0 aliphatic rings. The van der Waals surface area contributed by atoms with Gasteiger partial charge in [-0.25, -0.2) is 4.21 Å². The fourth-order valence-electron chi connectivity index (χ4n) is 0.787. The van der Waals surface area contributed by atoms with Crippen LogP contribution in [0.15, 0.2) is 18.2 Å². The zero-order chi connectivity index (χ0) is 9.14. The molecule has 5 heteroatoms. The van der Waals surface area contributed by atoms with Crippen LogP contribution in [0.1, 0.15) is 5.56 Å². The lowest BCUT2D eigenvalue weighted by Crippen LogP contribution is -1.93. The molecule has 0 saturated heterocycles. The van der Waals surface area contributed by atoms with Crippen molar-refractivity contribution in [2.45, 2.75) is 5.75 Å². The van der Waals surface area contributed by atoms with Crippen LogP contribution >= 0.6 is 23.2 Å². The molecule has 1 aromatic rings. The lowest BCUT2D eigenvalue weighted by molar-refractivity contribution is 0.563. The molecule has 0 aromatic heterocycles. The lowest BCUT2D eigenvalue weighted by atomic mass is 10.2. The van der Waals surface area contributed by atoms with Crippen LogP contribution in [0.3, 0.4) is 0 Å². The Morgan fingerprint density at radius 1 is 1.42 bits per heavy atom. The molecule has 12 heavy (non-hydrogen) atoms. The zero-order valence-corrected chi connectivity index (χ0v) is 8.29. The van der Waals surface area contributed by atoms with E-state index >= 15 is 0 Å². The van der Waals surface area contributed by atoms with E-state index in [4.69, 9.17) is 27.8 Å². The van der Waals surface area contributed by atoms with E-state index in [0.717, 1.165) is 0 Å². The molecule has 2 nitrogen and oxygen atoms in total. The van der Waals surface area contributed by atoms with Gasteiger partial charge >= 0.3 is 0 Å². The summed E-state index contributed by atoms with van der Waals surface area (Å²) in [6.07, 6.45) is 0. The maximum absolute atomic E-state index is 10.4. The van der Waals surface area contributed by atoms with Gasteiger partial charge in [-0.2, -0.15) is 0 Å². The predicted octanol–water partition coefficient (Wildman–Crippen LogP) is 2.72. The van der Waals surface area contributed by atoms with Crippen LogP contribution in [0.25, 0.3) is 0 Å². The highest BCUT2D eigenvalue weighted by Gasteiger charge is 2.03. The van der Waals surface area contributed by atoms with Crippen LogP contribution in [0.5, 0.6) is 0 Å². The highest BCUT2D eigenvalue weighted by Crippen LogP contribution is 2.21. The maximum Gasteiger partial charge on any atom is 0.157 e. The predicted molar refractivity (Wildman–Crippen MR) is 50.9 cm³/mol. The highest BCUT2D eigenvalue weighted by molar-refractivity contribution is 7.78. The van der Waals surface area contributed by atoms with Crippen molar-refractivity contribution in [3.05, 3.63) is 33.8 Å². The third-order valence-corrected chi connectivity index (χ3v) is 2.45. The van der Waals surface area contributed by atoms with Gasteiger partial charge in [0.1, 0.15) is 0 Å². The number of halogens is 2. The van der Waals surface area contributed by atoms with Gasteiger partial charge in [0.05, 0.1) is 5.75 Å². The molecule has 0 fully saturated rings. The average molecular weight is 225 g/mol. The van der Waals surface area contributed by atoms with E-state index in [1.165, 1.54) is 0 Å². The Labute approximate surface area is 82.8 Å². The summed E-state index contributed by atoms with van der Waals surface area (Å²) in [6, 6.07) is 4.82. The van der Waals surface area contributed by atoms with E-state index in [9.17, 15) is 4.21 Å². The summed E-state index contributed by atoms with van der Waals surface area (Å²) in [5.74, 6) is 0.0133. The molecular weight excluding hydrogens is 219 g/mol. The Hall–Kier alpha value is -0.0900. The topological polar surface area (TPSA) is 37.3 Å². The van der Waals surface area contributed by atoms with Gasteiger partial charge in [0, 0.05) is 10.0 Å². The van der Waals surface area contributed by atoms with Crippen LogP contribution in [0.4, 0.5) is 0 Å². The van der Waals surface area contributed by atoms with Crippen molar-refractivity contribution in [2.75, 3.05) is 0 Å². The maximum atomic E-state index is 10.4. The first-order valence-electron chi connectivity index (χ1n) is 3.11. The van der Waals surface area contributed by atoms with E-state index < -0.39 is 11.1 Å². The molecule has 0 saturated carbocycles. The van der Waals surface area contributed by atoms with Gasteiger partial charge in [0.2, 0.25) is 0 Å². The van der Waals surface area contributed by atoms with E-state index in [0.29, 0.717) is 15.6 Å². The Morgan fingerprint density at radius 3 is 2.67 bits per heavy atom. The standard InChI is InChI=1S/C7H6Cl2O2S/c8-6-1-2-7(9)5(3-6)4-12(10)11/h1-3H,4H2,(H,10,11). The molecule has 1 unspecified atom stereocenters. The largest absolute Gasteiger partial charge is 0.306 e. The van der Waals surface area contributed by atoms with Gasteiger partial charge in [-0.15, -0.1) is 0 Å². The van der Waals surface area contributed by atoms with Crippen molar-refractivity contribution in [1.82, 2.24) is 0 Å². The molecule has 1 rings (SSSR count). The van der Waals surface area contributed by atoms with Gasteiger partial charge in [0.15, 0.2) is 11.1 Å². The van der Waals surface area contributed by atoms with Crippen molar-refractivity contribution in [2.24, 2.45) is 0 Å². The van der Waals surface area contributed by atoms with Crippen LogP contribution in [-0.2, 0) is 16.8 Å². The summed E-state index contributed by atoms with van der Waals surface area (Å²) >= 11 is 9.52. The van der Waals surface area contributed by atoms with Crippen LogP contribution < -0.4 is 0 Å². The minimum atomic E-state index is -1.88. The van der Waals surface area contributed by atoms with Crippen LogP contribution in [0, 0.1) is 0 Å². The molecule has 1 aromatic carbocycles. The van der Waals surface area contributed by atoms with E-state index in [1.54, 1.807) is 18.2 Å². The second-order valence-electron chi connectivity index (χ2n) is 2.20. The smallest absolute Gasteiger partial charge is 0.157 e. The second kappa shape index (κ2) is 4.23. The zero-order valence-electron chi connectivity index (χ0n) is 5.96. The van der Waals surface area contributed by atoms with Gasteiger partial charge < -0.3 is 4.55 Å². The fourth-order valence-corrected chi connectivity index (χ4v) is 1.75. The molecule has 1 atom stereocenters. The first kappa shape index (κ1) is 9.99. The van der Waals surface area contributed by atoms with E-state index in [2.05, 4.69) is 0 Å². The Morgan fingerprint density at radius 2 is 2.08 bits per heavy atom. The summed E-state index contributed by atoms with van der Waals surface area (Å²) in [7, 11) is 0. The van der Waals surface area contributed by atoms with Gasteiger partial charge in [-0.3, -0.25) is 0 Å². The summed E-state index contributed by atoms with van der Waals surface area (Å²) in [6.45, 7) is 0.